The molecule has 17 heavy (non-hydrogen) atoms. The molecule has 0 aliphatic carbocycles. The second-order valence-electron chi connectivity index (χ2n) is 3.70. The van der Waals surface area contributed by atoms with Crippen LogP contribution in [0.5, 0.6) is 5.75 Å². The van der Waals surface area contributed by atoms with Gasteiger partial charge in [-0.2, -0.15) is 0 Å². The van der Waals surface area contributed by atoms with E-state index in [-0.39, 0.29) is 11.3 Å². The SMILES string of the molecule is O=C(O)c1ccc2c(c1C(=O)O)OB(O)CC2. The van der Waals surface area contributed by atoms with E-state index in [1.54, 1.807) is 0 Å². The zero-order valence-corrected chi connectivity index (χ0v) is 8.71. The molecule has 0 bridgehead atoms. The van der Waals surface area contributed by atoms with Gasteiger partial charge in [0.1, 0.15) is 11.3 Å². The molecule has 0 unspecified atom stereocenters. The van der Waals surface area contributed by atoms with Gasteiger partial charge in [0.15, 0.2) is 0 Å². The average molecular weight is 236 g/mol. The van der Waals surface area contributed by atoms with Crippen LogP contribution in [0.1, 0.15) is 26.3 Å². The molecule has 1 aliphatic rings. The Morgan fingerprint density at radius 2 is 1.94 bits per heavy atom. The molecule has 0 amide bonds. The monoisotopic (exact) mass is 236 g/mol. The third-order valence-corrected chi connectivity index (χ3v) is 2.60. The van der Waals surface area contributed by atoms with Gasteiger partial charge in [-0.05, 0) is 24.4 Å². The van der Waals surface area contributed by atoms with Crippen molar-refractivity contribution in [1.82, 2.24) is 0 Å². The number of fused-ring (bicyclic) bond motifs is 1. The van der Waals surface area contributed by atoms with Crippen molar-refractivity contribution in [3.05, 3.63) is 28.8 Å². The molecule has 1 aromatic carbocycles. The molecule has 3 N–H and O–H groups in total. The van der Waals surface area contributed by atoms with Crippen LogP contribution in [-0.2, 0) is 6.42 Å². The van der Waals surface area contributed by atoms with Crippen molar-refractivity contribution in [2.75, 3.05) is 0 Å². The first-order chi connectivity index (χ1) is 8.00. The average Bonchev–Trinajstić information content (AvgIpc) is 2.26. The summed E-state index contributed by atoms with van der Waals surface area (Å²) < 4.78 is 5.03. The lowest BCUT2D eigenvalue weighted by atomic mass is 9.78. The summed E-state index contributed by atoms with van der Waals surface area (Å²) in [5.41, 5.74) is -0.156. The summed E-state index contributed by atoms with van der Waals surface area (Å²) in [7, 11) is -1.09. The van der Waals surface area contributed by atoms with Gasteiger partial charge in [-0.15, -0.1) is 0 Å². The van der Waals surface area contributed by atoms with Crippen molar-refractivity contribution in [1.29, 1.82) is 0 Å². The minimum Gasteiger partial charge on any atom is -0.535 e. The molecule has 88 valence electrons. The minimum atomic E-state index is -1.38. The number of carbonyl (C=O) groups is 2. The molecule has 0 spiro atoms. The van der Waals surface area contributed by atoms with Gasteiger partial charge in [0, 0.05) is 0 Å². The highest BCUT2D eigenvalue weighted by Crippen LogP contribution is 2.32. The van der Waals surface area contributed by atoms with Crippen LogP contribution in [-0.4, -0.2) is 34.3 Å². The maximum Gasteiger partial charge on any atom is 0.522 e. The molecular formula is C10H9BO6. The van der Waals surface area contributed by atoms with Gasteiger partial charge in [-0.3, -0.25) is 0 Å². The van der Waals surface area contributed by atoms with E-state index in [9.17, 15) is 14.6 Å². The summed E-state index contributed by atoms with van der Waals surface area (Å²) in [4.78, 5) is 22.0. The second-order valence-corrected chi connectivity index (χ2v) is 3.70. The van der Waals surface area contributed by atoms with E-state index in [0.29, 0.717) is 18.3 Å². The fourth-order valence-electron chi connectivity index (χ4n) is 1.82. The molecule has 7 heteroatoms. The smallest absolute Gasteiger partial charge is 0.522 e. The van der Waals surface area contributed by atoms with Crippen molar-refractivity contribution >= 4 is 19.1 Å². The lowest BCUT2D eigenvalue weighted by Crippen LogP contribution is -2.28. The van der Waals surface area contributed by atoms with Gasteiger partial charge in [0.25, 0.3) is 0 Å². The molecule has 0 radical (unpaired) electrons. The van der Waals surface area contributed by atoms with Gasteiger partial charge in [-0.1, -0.05) is 6.07 Å². The lowest BCUT2D eigenvalue weighted by molar-refractivity contribution is 0.0649. The van der Waals surface area contributed by atoms with E-state index in [2.05, 4.69) is 0 Å². The second kappa shape index (κ2) is 4.10. The predicted octanol–water partition coefficient (Wildman–Crippen LogP) is 0.498. The third kappa shape index (κ3) is 1.96. The Hall–Kier alpha value is -2.02. The molecular weight excluding hydrogens is 227 g/mol. The predicted molar refractivity (Wildman–Crippen MR) is 57.5 cm³/mol. The first-order valence-corrected chi connectivity index (χ1v) is 4.98. The van der Waals surface area contributed by atoms with Crippen LogP contribution >= 0.6 is 0 Å². The summed E-state index contributed by atoms with van der Waals surface area (Å²) >= 11 is 0. The fourth-order valence-corrected chi connectivity index (χ4v) is 1.82. The highest BCUT2D eigenvalue weighted by Gasteiger charge is 2.30. The Morgan fingerprint density at radius 3 is 2.53 bits per heavy atom. The van der Waals surface area contributed by atoms with E-state index < -0.39 is 24.6 Å². The largest absolute Gasteiger partial charge is 0.535 e. The summed E-state index contributed by atoms with van der Waals surface area (Å²) in [6.07, 6.45) is 0.815. The molecule has 0 saturated carbocycles. The van der Waals surface area contributed by atoms with Crippen LogP contribution in [0.2, 0.25) is 6.32 Å². The van der Waals surface area contributed by atoms with Crippen LogP contribution in [0.3, 0.4) is 0 Å². The standard InChI is InChI=1S/C10H9BO6/c12-9(13)6-2-1-5-3-4-11(16)17-8(5)7(6)10(14)15/h1-2,16H,3-4H2,(H,12,13)(H,14,15). The van der Waals surface area contributed by atoms with Gasteiger partial charge < -0.3 is 19.9 Å². The Balaban J connectivity index is 2.64. The molecule has 1 aromatic rings. The number of aryl methyl sites for hydroxylation is 1. The van der Waals surface area contributed by atoms with Crippen molar-refractivity contribution in [2.45, 2.75) is 12.7 Å². The Morgan fingerprint density at radius 1 is 1.24 bits per heavy atom. The number of aromatic carboxylic acids is 2. The van der Waals surface area contributed by atoms with E-state index in [1.807, 2.05) is 0 Å². The molecule has 0 saturated heterocycles. The zero-order valence-electron chi connectivity index (χ0n) is 8.71. The number of hydrogen-bond acceptors (Lipinski definition) is 4. The zero-order chi connectivity index (χ0) is 12.6. The first-order valence-electron chi connectivity index (χ1n) is 4.98. The molecule has 1 heterocycles. The molecule has 6 nitrogen and oxygen atoms in total. The van der Waals surface area contributed by atoms with Crippen molar-refractivity contribution < 1.29 is 29.5 Å². The summed E-state index contributed by atoms with van der Waals surface area (Å²) in [6, 6.07) is 2.75. The minimum absolute atomic E-state index is 0.0452. The first kappa shape index (κ1) is 11.5. The van der Waals surface area contributed by atoms with Gasteiger partial charge in [-0.25, -0.2) is 9.59 Å². The van der Waals surface area contributed by atoms with E-state index >= 15 is 0 Å². The van der Waals surface area contributed by atoms with Crippen LogP contribution in [0, 0.1) is 0 Å². The maximum atomic E-state index is 11.1. The fraction of sp³-hybridized carbons (Fsp3) is 0.200. The lowest BCUT2D eigenvalue weighted by Gasteiger charge is -2.22. The third-order valence-electron chi connectivity index (χ3n) is 2.60. The molecule has 0 aromatic heterocycles. The number of carboxylic acids is 2. The van der Waals surface area contributed by atoms with Crippen molar-refractivity contribution in [3.8, 4) is 5.75 Å². The van der Waals surface area contributed by atoms with E-state index in [0.717, 1.165) is 0 Å². The Labute approximate surface area is 96.6 Å². The van der Waals surface area contributed by atoms with E-state index in [1.165, 1.54) is 12.1 Å². The number of carboxylic acid groups (broad SMARTS) is 2. The number of benzene rings is 1. The molecule has 0 fully saturated rings. The van der Waals surface area contributed by atoms with Gasteiger partial charge >= 0.3 is 19.1 Å². The normalized spacial score (nSPS) is 13.8. The van der Waals surface area contributed by atoms with Crippen molar-refractivity contribution in [3.63, 3.8) is 0 Å². The number of rotatable bonds is 2. The number of hydrogen-bond donors (Lipinski definition) is 3. The molecule has 0 atom stereocenters. The Kier molecular flexibility index (Phi) is 2.77. The van der Waals surface area contributed by atoms with Crippen LogP contribution < -0.4 is 4.65 Å². The van der Waals surface area contributed by atoms with E-state index in [4.69, 9.17) is 14.9 Å². The quantitative estimate of drug-likeness (QED) is 0.645. The molecule has 1 aliphatic heterocycles. The topological polar surface area (TPSA) is 104 Å². The van der Waals surface area contributed by atoms with Crippen molar-refractivity contribution in [2.24, 2.45) is 0 Å². The van der Waals surface area contributed by atoms with Gasteiger partial charge in [0.05, 0.1) is 5.56 Å². The van der Waals surface area contributed by atoms with Crippen LogP contribution in [0.15, 0.2) is 12.1 Å². The molecule has 2 rings (SSSR count). The summed E-state index contributed by atoms with van der Waals surface area (Å²) in [5.74, 6) is -2.77. The highest BCUT2D eigenvalue weighted by atomic mass is 16.5. The maximum absolute atomic E-state index is 11.1. The van der Waals surface area contributed by atoms with Gasteiger partial charge in [0.2, 0.25) is 0 Å². The van der Waals surface area contributed by atoms with Crippen LogP contribution in [0.4, 0.5) is 0 Å². The summed E-state index contributed by atoms with van der Waals surface area (Å²) in [5, 5.41) is 27.3. The summed E-state index contributed by atoms with van der Waals surface area (Å²) in [6.45, 7) is 0. The van der Waals surface area contributed by atoms with Crippen LogP contribution in [0.25, 0.3) is 0 Å². The highest BCUT2D eigenvalue weighted by molar-refractivity contribution is 6.44. The Bertz CT molecular complexity index is 498.